The van der Waals surface area contributed by atoms with Gasteiger partial charge >= 0.3 is 0 Å². The van der Waals surface area contributed by atoms with Crippen LogP contribution in [-0.2, 0) is 0 Å². The molecule has 0 bridgehead atoms. The molecule has 100 valence electrons. The van der Waals surface area contributed by atoms with Crippen LogP contribution in [-0.4, -0.2) is 0 Å². The van der Waals surface area contributed by atoms with Crippen molar-refractivity contribution in [3.63, 3.8) is 0 Å². The van der Waals surface area contributed by atoms with Gasteiger partial charge in [0.1, 0.15) is 0 Å². The molecule has 1 atom stereocenters. The SMILES string of the molecule is CCC1CCC(C(N)c2ccc(Br)cc2C)CC1. The molecule has 1 fully saturated rings. The summed E-state index contributed by atoms with van der Waals surface area (Å²) in [7, 11) is 0. The zero-order chi connectivity index (χ0) is 13.1. The van der Waals surface area contributed by atoms with Crippen molar-refractivity contribution in [2.45, 2.75) is 52.0 Å². The van der Waals surface area contributed by atoms with Gasteiger partial charge in [0.25, 0.3) is 0 Å². The predicted molar refractivity (Wildman–Crippen MR) is 81.5 cm³/mol. The van der Waals surface area contributed by atoms with Crippen LogP contribution in [0.1, 0.15) is 56.2 Å². The minimum Gasteiger partial charge on any atom is -0.324 e. The quantitative estimate of drug-likeness (QED) is 0.837. The van der Waals surface area contributed by atoms with E-state index in [2.05, 4.69) is 48.0 Å². The highest BCUT2D eigenvalue weighted by atomic mass is 79.9. The van der Waals surface area contributed by atoms with Crippen molar-refractivity contribution in [1.82, 2.24) is 0 Å². The maximum Gasteiger partial charge on any atom is 0.0326 e. The van der Waals surface area contributed by atoms with E-state index in [4.69, 9.17) is 5.73 Å². The summed E-state index contributed by atoms with van der Waals surface area (Å²) < 4.78 is 1.14. The van der Waals surface area contributed by atoms with Crippen LogP contribution in [0.2, 0.25) is 0 Å². The maximum atomic E-state index is 6.49. The molecular weight excluding hydrogens is 286 g/mol. The Kier molecular flexibility index (Phi) is 4.85. The van der Waals surface area contributed by atoms with Gasteiger partial charge in [0.2, 0.25) is 0 Å². The molecule has 18 heavy (non-hydrogen) atoms. The second-order valence-electron chi connectivity index (χ2n) is 5.72. The topological polar surface area (TPSA) is 26.0 Å². The molecule has 0 amide bonds. The Morgan fingerprint density at radius 1 is 1.28 bits per heavy atom. The molecule has 0 saturated heterocycles. The lowest BCUT2D eigenvalue weighted by molar-refractivity contribution is 0.239. The van der Waals surface area contributed by atoms with Crippen LogP contribution >= 0.6 is 15.9 Å². The van der Waals surface area contributed by atoms with E-state index in [9.17, 15) is 0 Å². The fraction of sp³-hybridized carbons (Fsp3) is 0.625. The maximum absolute atomic E-state index is 6.49. The van der Waals surface area contributed by atoms with Gasteiger partial charge in [-0.05, 0) is 54.9 Å². The standard InChI is InChI=1S/C16H24BrN/c1-3-12-4-6-13(7-5-12)16(18)15-9-8-14(17)10-11(15)2/h8-10,12-13,16H,3-7,18H2,1-2H3. The van der Waals surface area contributed by atoms with Crippen LogP contribution < -0.4 is 5.73 Å². The molecule has 1 unspecified atom stereocenters. The zero-order valence-electron chi connectivity index (χ0n) is 11.5. The third-order valence-electron chi connectivity index (χ3n) is 4.57. The summed E-state index contributed by atoms with van der Waals surface area (Å²) in [6.07, 6.45) is 6.67. The third kappa shape index (κ3) is 3.16. The smallest absolute Gasteiger partial charge is 0.0326 e. The van der Waals surface area contributed by atoms with E-state index < -0.39 is 0 Å². The van der Waals surface area contributed by atoms with Crippen LogP contribution in [0.5, 0.6) is 0 Å². The number of nitrogens with two attached hydrogens (primary N) is 1. The number of hydrogen-bond donors (Lipinski definition) is 1. The average molecular weight is 310 g/mol. The monoisotopic (exact) mass is 309 g/mol. The Labute approximate surface area is 119 Å². The van der Waals surface area contributed by atoms with Crippen LogP contribution in [0.25, 0.3) is 0 Å². The number of halogens is 1. The Morgan fingerprint density at radius 3 is 2.50 bits per heavy atom. The Bertz CT molecular complexity index is 394. The molecule has 1 aromatic carbocycles. The molecule has 2 rings (SSSR count). The first-order valence-corrected chi connectivity index (χ1v) is 7.92. The highest BCUT2D eigenvalue weighted by Crippen LogP contribution is 2.37. The molecule has 2 N–H and O–H groups in total. The number of hydrogen-bond acceptors (Lipinski definition) is 1. The van der Waals surface area contributed by atoms with Crippen molar-refractivity contribution in [3.05, 3.63) is 33.8 Å². The fourth-order valence-corrected chi connectivity index (χ4v) is 3.70. The molecule has 1 aromatic rings. The van der Waals surface area contributed by atoms with Crippen LogP contribution in [0.4, 0.5) is 0 Å². The summed E-state index contributed by atoms with van der Waals surface area (Å²) in [4.78, 5) is 0. The van der Waals surface area contributed by atoms with Gasteiger partial charge in [-0.15, -0.1) is 0 Å². The summed E-state index contributed by atoms with van der Waals surface area (Å²) in [5.41, 5.74) is 9.14. The van der Waals surface area contributed by atoms with Gasteiger partial charge in [-0.2, -0.15) is 0 Å². The van der Waals surface area contributed by atoms with Crippen molar-refractivity contribution in [3.8, 4) is 0 Å². The molecule has 1 aliphatic carbocycles. The molecular formula is C16H24BrN. The highest BCUT2D eigenvalue weighted by molar-refractivity contribution is 9.10. The second kappa shape index (κ2) is 6.21. The minimum absolute atomic E-state index is 0.218. The molecule has 2 heteroatoms. The first-order valence-electron chi connectivity index (χ1n) is 7.13. The first kappa shape index (κ1) is 14.1. The lowest BCUT2D eigenvalue weighted by Gasteiger charge is -2.32. The van der Waals surface area contributed by atoms with E-state index in [1.54, 1.807) is 0 Å². The van der Waals surface area contributed by atoms with Gasteiger partial charge < -0.3 is 5.73 Å². The summed E-state index contributed by atoms with van der Waals surface area (Å²) in [5.74, 6) is 1.62. The van der Waals surface area contributed by atoms with Crippen molar-refractivity contribution < 1.29 is 0 Å². The van der Waals surface area contributed by atoms with E-state index in [1.165, 1.54) is 43.2 Å². The van der Waals surface area contributed by atoms with Gasteiger partial charge in [-0.3, -0.25) is 0 Å². The van der Waals surface area contributed by atoms with Crippen molar-refractivity contribution in [2.24, 2.45) is 17.6 Å². The second-order valence-corrected chi connectivity index (χ2v) is 6.63. The van der Waals surface area contributed by atoms with E-state index in [0.29, 0.717) is 5.92 Å². The largest absolute Gasteiger partial charge is 0.324 e. The van der Waals surface area contributed by atoms with Gasteiger partial charge in [-0.1, -0.05) is 48.2 Å². The van der Waals surface area contributed by atoms with Crippen molar-refractivity contribution >= 4 is 15.9 Å². The Balaban J connectivity index is 2.05. The Hall–Kier alpha value is -0.340. The van der Waals surface area contributed by atoms with E-state index in [-0.39, 0.29) is 6.04 Å². The van der Waals surface area contributed by atoms with Gasteiger partial charge in [0.05, 0.1) is 0 Å². The van der Waals surface area contributed by atoms with Crippen LogP contribution in [0.3, 0.4) is 0 Å². The third-order valence-corrected chi connectivity index (χ3v) is 5.06. The first-order chi connectivity index (χ1) is 8.61. The zero-order valence-corrected chi connectivity index (χ0v) is 13.0. The van der Waals surface area contributed by atoms with Crippen molar-refractivity contribution in [2.75, 3.05) is 0 Å². The van der Waals surface area contributed by atoms with E-state index >= 15 is 0 Å². The lowest BCUT2D eigenvalue weighted by Crippen LogP contribution is -2.26. The molecule has 1 nitrogen and oxygen atoms in total. The molecule has 0 aliphatic heterocycles. The molecule has 0 heterocycles. The molecule has 1 aliphatic rings. The summed E-state index contributed by atoms with van der Waals surface area (Å²) in [6.45, 7) is 4.47. The normalized spacial score (nSPS) is 26.0. The molecule has 0 spiro atoms. The fourth-order valence-electron chi connectivity index (χ4n) is 3.22. The number of aryl methyl sites for hydroxylation is 1. The molecule has 0 aromatic heterocycles. The van der Waals surface area contributed by atoms with Gasteiger partial charge in [0, 0.05) is 10.5 Å². The van der Waals surface area contributed by atoms with Crippen LogP contribution in [0.15, 0.2) is 22.7 Å². The summed E-state index contributed by atoms with van der Waals surface area (Å²) >= 11 is 3.52. The minimum atomic E-state index is 0.218. The number of benzene rings is 1. The average Bonchev–Trinajstić information content (AvgIpc) is 2.38. The summed E-state index contributed by atoms with van der Waals surface area (Å²) in [5, 5.41) is 0. The molecule has 1 saturated carbocycles. The summed E-state index contributed by atoms with van der Waals surface area (Å²) in [6, 6.07) is 6.69. The molecule has 0 radical (unpaired) electrons. The van der Waals surface area contributed by atoms with Crippen LogP contribution in [0, 0.1) is 18.8 Å². The van der Waals surface area contributed by atoms with Gasteiger partial charge in [0.15, 0.2) is 0 Å². The highest BCUT2D eigenvalue weighted by Gasteiger charge is 2.26. The predicted octanol–water partition coefficient (Wildman–Crippen LogP) is 4.97. The Morgan fingerprint density at radius 2 is 1.94 bits per heavy atom. The van der Waals surface area contributed by atoms with Crippen molar-refractivity contribution in [1.29, 1.82) is 0 Å². The van der Waals surface area contributed by atoms with E-state index in [0.717, 1.165) is 10.4 Å². The van der Waals surface area contributed by atoms with E-state index in [1.807, 2.05) is 0 Å². The lowest BCUT2D eigenvalue weighted by atomic mass is 9.76. The van der Waals surface area contributed by atoms with Gasteiger partial charge in [-0.25, -0.2) is 0 Å². The number of rotatable bonds is 3.